The molecule has 12 nitrogen and oxygen atoms in total. The molecule has 0 amide bonds. The zero-order valence-electron chi connectivity index (χ0n) is 27.4. The summed E-state index contributed by atoms with van der Waals surface area (Å²) in [5, 5.41) is 4.13. The van der Waals surface area contributed by atoms with Crippen molar-refractivity contribution < 1.29 is 23.4 Å². The molecule has 0 N–H and O–H groups in total. The number of ether oxygens (including phenoxy) is 3. The monoisotopic (exact) mass is 667 g/mol. The van der Waals surface area contributed by atoms with Crippen molar-refractivity contribution in [2.75, 3.05) is 49.2 Å². The van der Waals surface area contributed by atoms with Crippen LogP contribution in [0.25, 0.3) is 5.69 Å². The number of anilines is 2. The molecule has 2 aliphatic heterocycles. The Kier molecular flexibility index (Phi) is 9.02. The van der Waals surface area contributed by atoms with E-state index in [9.17, 15) is 14.0 Å². The molecule has 2 aromatic heterocycles. The van der Waals surface area contributed by atoms with Crippen molar-refractivity contribution in [3.63, 3.8) is 0 Å². The summed E-state index contributed by atoms with van der Waals surface area (Å²) in [6.07, 6.45) is 6.37. The van der Waals surface area contributed by atoms with E-state index in [1.165, 1.54) is 34.6 Å². The van der Waals surface area contributed by atoms with Crippen LogP contribution in [0, 0.1) is 5.82 Å². The molecule has 0 bridgehead atoms. The molecule has 0 spiro atoms. The molecule has 0 radical (unpaired) electrons. The van der Waals surface area contributed by atoms with Crippen LogP contribution in [0.3, 0.4) is 0 Å². The molecule has 3 aromatic carbocycles. The second kappa shape index (κ2) is 13.7. The van der Waals surface area contributed by atoms with Crippen molar-refractivity contribution in [3.8, 4) is 11.4 Å². The maximum Gasteiger partial charge on any atom is 0.351 e. The van der Waals surface area contributed by atoms with Crippen molar-refractivity contribution in [1.29, 1.82) is 0 Å². The van der Waals surface area contributed by atoms with Crippen LogP contribution in [-0.4, -0.2) is 75.2 Å². The van der Waals surface area contributed by atoms with Gasteiger partial charge in [0.15, 0.2) is 5.78 Å². The van der Waals surface area contributed by atoms with Crippen LogP contribution < -0.4 is 20.2 Å². The lowest BCUT2D eigenvalue weighted by Gasteiger charge is -2.37. The van der Waals surface area contributed by atoms with Gasteiger partial charge in [-0.15, -0.1) is 0 Å². The number of Topliss-reactive ketones (excluding diaryl/α,β-unsaturated/α-hetero) is 1. The third-order valence-corrected chi connectivity index (χ3v) is 9.15. The van der Waals surface area contributed by atoms with Gasteiger partial charge in [0, 0.05) is 55.5 Å². The quantitative estimate of drug-likeness (QED) is 0.205. The van der Waals surface area contributed by atoms with Crippen molar-refractivity contribution in [1.82, 2.24) is 23.9 Å². The number of carbonyl (C=O) groups excluding carboxylic acids is 1. The van der Waals surface area contributed by atoms with Crippen LogP contribution in [0.5, 0.6) is 5.75 Å². The molecular weight excluding hydrogens is 629 g/mol. The Morgan fingerprint density at radius 3 is 2.18 bits per heavy atom. The predicted molar refractivity (Wildman–Crippen MR) is 181 cm³/mol. The minimum Gasteiger partial charge on any atom is -0.491 e. The van der Waals surface area contributed by atoms with Gasteiger partial charge in [0.25, 0.3) is 0 Å². The molecule has 0 saturated carbocycles. The van der Waals surface area contributed by atoms with E-state index in [0.29, 0.717) is 25.4 Å². The molecule has 0 aliphatic carbocycles. The fourth-order valence-electron chi connectivity index (χ4n) is 6.22. The third-order valence-electron chi connectivity index (χ3n) is 9.15. The molecule has 254 valence electrons. The second-order valence-corrected chi connectivity index (χ2v) is 12.4. The van der Waals surface area contributed by atoms with Gasteiger partial charge in [-0.3, -0.25) is 4.79 Å². The number of aromatic nitrogens is 5. The first-order valence-electron chi connectivity index (χ1n) is 16.3. The van der Waals surface area contributed by atoms with Gasteiger partial charge < -0.3 is 28.6 Å². The maximum atomic E-state index is 13.7. The van der Waals surface area contributed by atoms with Crippen LogP contribution in [-0.2, 0) is 26.6 Å². The van der Waals surface area contributed by atoms with Gasteiger partial charge in [0.05, 0.1) is 25.2 Å². The van der Waals surface area contributed by atoms with Gasteiger partial charge in [-0.2, -0.15) is 5.10 Å². The second-order valence-electron chi connectivity index (χ2n) is 12.4. The number of rotatable bonds is 11. The Morgan fingerprint density at radius 1 is 0.939 bits per heavy atom. The summed E-state index contributed by atoms with van der Waals surface area (Å²) in [6, 6.07) is 21.5. The molecule has 2 aliphatic rings. The first kappa shape index (κ1) is 32.3. The molecule has 7 rings (SSSR count). The summed E-state index contributed by atoms with van der Waals surface area (Å²) in [7, 11) is 0. The van der Waals surface area contributed by atoms with E-state index < -0.39 is 11.8 Å². The fraction of sp³-hybridized carbons (Fsp3) is 0.333. The smallest absolute Gasteiger partial charge is 0.351 e. The number of imidazole rings is 1. The minimum absolute atomic E-state index is 0.120. The Morgan fingerprint density at radius 2 is 1.57 bits per heavy atom. The van der Waals surface area contributed by atoms with Crippen LogP contribution in [0.15, 0.2) is 103 Å². The highest BCUT2D eigenvalue weighted by Gasteiger charge is 2.44. The highest BCUT2D eigenvalue weighted by molar-refractivity contribution is 5.79. The Bertz CT molecular complexity index is 1920. The fourth-order valence-corrected chi connectivity index (χ4v) is 6.22. The number of hydrogen-bond donors (Lipinski definition) is 0. The lowest BCUT2D eigenvalue weighted by atomic mass is 10.1. The summed E-state index contributed by atoms with van der Waals surface area (Å²) in [5.41, 5.74) is 3.29. The maximum absolute atomic E-state index is 13.7. The Balaban J connectivity index is 0.917. The molecule has 1 unspecified atom stereocenters. The van der Waals surface area contributed by atoms with E-state index in [0.717, 1.165) is 48.9 Å². The van der Waals surface area contributed by atoms with Gasteiger partial charge in [-0.05, 0) is 74.5 Å². The van der Waals surface area contributed by atoms with Crippen LogP contribution in [0.4, 0.5) is 15.8 Å². The molecule has 2 fully saturated rings. The molecule has 13 heteroatoms. The van der Waals surface area contributed by atoms with E-state index in [1.54, 1.807) is 31.6 Å². The average Bonchev–Trinajstić information content (AvgIpc) is 3.89. The van der Waals surface area contributed by atoms with E-state index in [1.807, 2.05) is 47.2 Å². The Hall–Kier alpha value is -5.27. The minimum atomic E-state index is -1.07. The van der Waals surface area contributed by atoms with E-state index in [-0.39, 0.29) is 23.4 Å². The van der Waals surface area contributed by atoms with Gasteiger partial charge in [-0.25, -0.2) is 23.4 Å². The Labute approximate surface area is 282 Å². The van der Waals surface area contributed by atoms with Gasteiger partial charge in [0.1, 0.15) is 36.6 Å². The highest BCUT2D eigenvalue weighted by Crippen LogP contribution is 2.36. The average molecular weight is 668 g/mol. The zero-order valence-corrected chi connectivity index (χ0v) is 27.4. The summed E-state index contributed by atoms with van der Waals surface area (Å²) < 4.78 is 36.9. The largest absolute Gasteiger partial charge is 0.491 e. The summed E-state index contributed by atoms with van der Waals surface area (Å²) in [6.45, 7) is 7.53. The lowest BCUT2D eigenvalue weighted by molar-refractivity contribution is -0.189. The lowest BCUT2D eigenvalue weighted by Crippen LogP contribution is -2.46. The topological polar surface area (TPSA) is 109 Å². The van der Waals surface area contributed by atoms with Gasteiger partial charge >= 0.3 is 5.69 Å². The number of benzene rings is 3. The van der Waals surface area contributed by atoms with Crippen molar-refractivity contribution in [3.05, 3.63) is 120 Å². The normalized spacial score (nSPS) is 20.0. The van der Waals surface area contributed by atoms with E-state index >= 15 is 0 Å². The predicted octanol–water partition coefficient (Wildman–Crippen LogP) is 4.19. The van der Waals surface area contributed by atoms with Gasteiger partial charge in [-0.1, -0.05) is 12.1 Å². The molecule has 49 heavy (non-hydrogen) atoms. The van der Waals surface area contributed by atoms with Crippen molar-refractivity contribution >= 4 is 17.2 Å². The SMILES string of the molecule is CC(=O)C(C)n1ncn(-c2ccc(N3CCN(c4ccc(OC[C@@H]5CO[C@@](Cn6ccnc6)(c6ccc(F)cc6)O5)cc4)CC3)cc2)c1=O. The number of hydrogen-bond acceptors (Lipinski definition) is 9. The van der Waals surface area contributed by atoms with Crippen molar-refractivity contribution in [2.45, 2.75) is 38.3 Å². The first-order chi connectivity index (χ1) is 23.8. The molecular formula is C36H38FN7O5. The molecule has 4 heterocycles. The van der Waals surface area contributed by atoms with E-state index in [2.05, 4.69) is 32.0 Å². The molecule has 2 saturated heterocycles. The summed E-state index contributed by atoms with van der Waals surface area (Å²) in [4.78, 5) is 33.3. The number of carbonyl (C=O) groups is 1. The number of ketones is 1. The zero-order chi connectivity index (χ0) is 34.0. The highest BCUT2D eigenvalue weighted by atomic mass is 19.1. The van der Waals surface area contributed by atoms with Crippen LogP contribution >= 0.6 is 0 Å². The van der Waals surface area contributed by atoms with Crippen LogP contribution in [0.2, 0.25) is 0 Å². The summed E-state index contributed by atoms with van der Waals surface area (Å²) >= 11 is 0. The van der Waals surface area contributed by atoms with Crippen molar-refractivity contribution in [2.24, 2.45) is 0 Å². The third kappa shape index (κ3) is 6.85. The van der Waals surface area contributed by atoms with Gasteiger partial charge in [0.2, 0.25) is 5.79 Å². The summed E-state index contributed by atoms with van der Waals surface area (Å²) in [5.74, 6) is -0.777. The van der Waals surface area contributed by atoms with E-state index in [4.69, 9.17) is 14.2 Å². The van der Waals surface area contributed by atoms with Crippen LogP contribution in [0.1, 0.15) is 25.5 Å². The molecule has 5 aromatic rings. The number of nitrogens with zero attached hydrogens (tertiary/aromatic N) is 7. The standard InChI is InChI=1S/C36H38FN7O5/c1-26(27(2)45)44-35(46)43(25-39-44)32-9-7-30(8-10-32)41-17-19-42(20-18-41)31-11-13-33(14-12-31)47-21-34-22-48-36(49-34,23-40-16-15-38-24-40)28-3-5-29(37)6-4-28/h3-16,24-26,34H,17-23H2,1-2H3/t26?,34-,36-/m1/s1. The molecule has 3 atom stereocenters. The first-order valence-corrected chi connectivity index (χ1v) is 16.3. The number of halogens is 1. The number of piperazine rings is 1.